The summed E-state index contributed by atoms with van der Waals surface area (Å²) in [6, 6.07) is 5.23. The summed E-state index contributed by atoms with van der Waals surface area (Å²) in [4.78, 5) is 17.3. The van der Waals surface area contributed by atoms with Crippen molar-refractivity contribution >= 4 is 24.2 Å². The van der Waals surface area contributed by atoms with Crippen molar-refractivity contribution in [2.45, 2.75) is 51.0 Å². The van der Waals surface area contributed by atoms with Gasteiger partial charge in [0.15, 0.2) is 0 Å². The lowest BCUT2D eigenvalue weighted by atomic mass is 9.89. The standard InChI is InChI=1S/C15H25N3O2S/c1-14(2,9-15(3,4)20-17)18-13(19)10-5-6-11(8-21)12(16)7-10/h5-7,21H,8-9,16-17H2,1-4H3,(H,18,19). The van der Waals surface area contributed by atoms with Gasteiger partial charge in [0.1, 0.15) is 0 Å². The van der Waals surface area contributed by atoms with Crippen LogP contribution >= 0.6 is 12.6 Å². The Morgan fingerprint density at radius 2 is 1.95 bits per heavy atom. The number of thiol groups is 1. The van der Waals surface area contributed by atoms with Crippen LogP contribution in [-0.4, -0.2) is 17.0 Å². The minimum atomic E-state index is -0.522. The fraction of sp³-hybridized carbons (Fsp3) is 0.533. The summed E-state index contributed by atoms with van der Waals surface area (Å²) in [5.41, 5.74) is 6.91. The van der Waals surface area contributed by atoms with Gasteiger partial charge < -0.3 is 11.1 Å². The Morgan fingerprint density at radius 3 is 2.43 bits per heavy atom. The van der Waals surface area contributed by atoms with E-state index in [4.69, 9.17) is 16.5 Å². The lowest BCUT2D eigenvalue weighted by Gasteiger charge is -2.34. The van der Waals surface area contributed by atoms with Crippen molar-refractivity contribution in [3.05, 3.63) is 29.3 Å². The van der Waals surface area contributed by atoms with Crippen molar-refractivity contribution in [2.24, 2.45) is 5.90 Å². The van der Waals surface area contributed by atoms with E-state index in [1.165, 1.54) is 0 Å². The van der Waals surface area contributed by atoms with Crippen LogP contribution in [-0.2, 0) is 10.6 Å². The summed E-state index contributed by atoms with van der Waals surface area (Å²) in [7, 11) is 0. The molecule has 1 aromatic carbocycles. The van der Waals surface area contributed by atoms with Gasteiger partial charge in [-0.3, -0.25) is 9.63 Å². The molecule has 1 rings (SSSR count). The van der Waals surface area contributed by atoms with Gasteiger partial charge in [-0.2, -0.15) is 12.6 Å². The Kier molecular flexibility index (Phi) is 5.67. The molecule has 0 radical (unpaired) electrons. The van der Waals surface area contributed by atoms with Crippen molar-refractivity contribution in [2.75, 3.05) is 5.73 Å². The Bertz CT molecular complexity index is 516. The first kappa shape index (κ1) is 17.8. The molecule has 6 heteroatoms. The SMILES string of the molecule is CC(C)(CC(C)(C)ON)NC(=O)c1ccc(CS)c(N)c1. The lowest BCUT2D eigenvalue weighted by molar-refractivity contribution is -0.0395. The Balaban J connectivity index is 2.83. The molecule has 0 aliphatic rings. The molecule has 5 N–H and O–H groups in total. The molecule has 0 aliphatic heterocycles. The number of nitrogen functional groups attached to an aromatic ring is 1. The van der Waals surface area contributed by atoms with E-state index in [-0.39, 0.29) is 5.91 Å². The summed E-state index contributed by atoms with van der Waals surface area (Å²) in [6.07, 6.45) is 0.576. The first-order valence-electron chi connectivity index (χ1n) is 6.80. The minimum Gasteiger partial charge on any atom is -0.398 e. The predicted octanol–water partition coefficient (Wildman–Crippen LogP) is 2.27. The molecule has 0 fully saturated rings. The normalized spacial score (nSPS) is 12.3. The van der Waals surface area contributed by atoms with Crippen LogP contribution in [0.2, 0.25) is 0 Å². The van der Waals surface area contributed by atoms with Crippen LogP contribution in [0.5, 0.6) is 0 Å². The predicted molar refractivity (Wildman–Crippen MR) is 89.1 cm³/mol. The topological polar surface area (TPSA) is 90.4 Å². The number of nitrogens with two attached hydrogens (primary N) is 2. The van der Waals surface area contributed by atoms with Gasteiger partial charge in [-0.05, 0) is 45.4 Å². The Hall–Kier alpha value is -1.24. The van der Waals surface area contributed by atoms with Gasteiger partial charge >= 0.3 is 0 Å². The second-order valence-electron chi connectivity index (χ2n) is 6.46. The van der Waals surface area contributed by atoms with Crippen LogP contribution in [0.3, 0.4) is 0 Å². The molecule has 0 unspecified atom stereocenters. The second kappa shape index (κ2) is 6.68. The van der Waals surface area contributed by atoms with E-state index in [0.29, 0.717) is 23.4 Å². The number of carbonyl (C=O) groups is 1. The third-order valence-electron chi connectivity index (χ3n) is 3.22. The third-order valence-corrected chi connectivity index (χ3v) is 3.56. The van der Waals surface area contributed by atoms with E-state index >= 15 is 0 Å². The van der Waals surface area contributed by atoms with E-state index in [9.17, 15) is 4.79 Å². The average Bonchev–Trinajstić information content (AvgIpc) is 2.36. The number of hydrogen-bond acceptors (Lipinski definition) is 5. The molecule has 0 aliphatic carbocycles. The third kappa shape index (κ3) is 5.22. The van der Waals surface area contributed by atoms with E-state index in [1.54, 1.807) is 12.1 Å². The molecular weight excluding hydrogens is 286 g/mol. The fourth-order valence-corrected chi connectivity index (χ4v) is 2.70. The number of hydrogen-bond donors (Lipinski definition) is 4. The minimum absolute atomic E-state index is 0.176. The molecule has 5 nitrogen and oxygen atoms in total. The lowest BCUT2D eigenvalue weighted by Crippen LogP contribution is -2.49. The quantitative estimate of drug-likeness (QED) is 0.368. The van der Waals surface area contributed by atoms with Crippen LogP contribution in [0.1, 0.15) is 50.0 Å². The van der Waals surface area contributed by atoms with Gasteiger partial charge in [0, 0.05) is 29.0 Å². The first-order chi connectivity index (χ1) is 9.60. The smallest absolute Gasteiger partial charge is 0.251 e. The highest BCUT2D eigenvalue weighted by Gasteiger charge is 2.30. The zero-order valence-electron chi connectivity index (χ0n) is 13.1. The van der Waals surface area contributed by atoms with Gasteiger partial charge in [0.25, 0.3) is 5.91 Å². The molecule has 0 spiro atoms. The Morgan fingerprint density at radius 1 is 1.33 bits per heavy atom. The van der Waals surface area contributed by atoms with Crippen LogP contribution in [0.4, 0.5) is 5.69 Å². The van der Waals surface area contributed by atoms with Crippen molar-refractivity contribution < 1.29 is 9.63 Å². The molecule has 0 atom stereocenters. The van der Waals surface area contributed by atoms with Crippen molar-refractivity contribution in [1.82, 2.24) is 5.32 Å². The first-order valence-corrected chi connectivity index (χ1v) is 7.43. The van der Waals surface area contributed by atoms with Gasteiger partial charge in [-0.25, -0.2) is 5.90 Å². The van der Waals surface area contributed by atoms with Gasteiger partial charge in [0.05, 0.1) is 5.60 Å². The molecule has 0 aromatic heterocycles. The summed E-state index contributed by atoms with van der Waals surface area (Å²) < 4.78 is 0. The number of carbonyl (C=O) groups excluding carboxylic acids is 1. The van der Waals surface area contributed by atoms with Crippen LogP contribution in [0, 0.1) is 0 Å². The van der Waals surface area contributed by atoms with Gasteiger partial charge in [0.2, 0.25) is 0 Å². The van der Waals surface area contributed by atoms with Gasteiger partial charge in [-0.15, -0.1) is 0 Å². The molecular formula is C15H25N3O2S. The van der Waals surface area contributed by atoms with Crippen molar-refractivity contribution in [1.29, 1.82) is 0 Å². The van der Waals surface area contributed by atoms with Crippen LogP contribution in [0.15, 0.2) is 18.2 Å². The maximum absolute atomic E-state index is 12.3. The number of nitrogens with one attached hydrogen (secondary N) is 1. The molecule has 118 valence electrons. The van der Waals surface area contributed by atoms with Crippen LogP contribution in [0.25, 0.3) is 0 Å². The summed E-state index contributed by atoms with van der Waals surface area (Å²) in [6.45, 7) is 7.61. The molecule has 0 bridgehead atoms. The molecule has 0 saturated heterocycles. The number of benzene rings is 1. The van der Waals surface area contributed by atoms with Crippen LogP contribution < -0.4 is 16.9 Å². The van der Waals surface area contributed by atoms with Crippen molar-refractivity contribution in [3.63, 3.8) is 0 Å². The largest absolute Gasteiger partial charge is 0.398 e. The van der Waals surface area contributed by atoms with Crippen molar-refractivity contribution in [3.8, 4) is 0 Å². The van der Waals surface area contributed by atoms with Gasteiger partial charge in [-0.1, -0.05) is 6.07 Å². The number of rotatable bonds is 6. The van der Waals surface area contributed by atoms with E-state index in [0.717, 1.165) is 5.56 Å². The summed E-state index contributed by atoms with van der Waals surface area (Å²) >= 11 is 4.19. The molecule has 21 heavy (non-hydrogen) atoms. The molecule has 1 amide bonds. The molecule has 0 saturated carbocycles. The highest BCUT2D eigenvalue weighted by Crippen LogP contribution is 2.23. The Labute approximate surface area is 131 Å². The monoisotopic (exact) mass is 311 g/mol. The highest BCUT2D eigenvalue weighted by molar-refractivity contribution is 7.79. The summed E-state index contributed by atoms with van der Waals surface area (Å²) in [5.74, 6) is 5.64. The zero-order chi connectivity index (χ0) is 16.3. The highest BCUT2D eigenvalue weighted by atomic mass is 32.1. The maximum Gasteiger partial charge on any atom is 0.251 e. The fourth-order valence-electron chi connectivity index (χ4n) is 2.41. The van der Waals surface area contributed by atoms with E-state index < -0.39 is 11.1 Å². The van der Waals surface area contributed by atoms with E-state index in [1.807, 2.05) is 33.8 Å². The second-order valence-corrected chi connectivity index (χ2v) is 6.78. The van der Waals surface area contributed by atoms with E-state index in [2.05, 4.69) is 17.9 Å². The zero-order valence-corrected chi connectivity index (χ0v) is 14.0. The summed E-state index contributed by atoms with van der Waals surface area (Å²) in [5, 5.41) is 2.98. The number of anilines is 1. The molecule has 1 aromatic rings. The molecule has 0 heterocycles. The number of amides is 1. The average molecular weight is 311 g/mol. The maximum atomic E-state index is 12.3.